The Morgan fingerprint density at radius 3 is 2.67 bits per heavy atom. The highest BCUT2D eigenvalue weighted by molar-refractivity contribution is 8.14. The number of β-lactam (4-membered cyclic amide) rings is 1. The normalized spacial score (nSPS) is 33.2. The van der Waals surface area contributed by atoms with Crippen LogP contribution in [-0.2, 0) is 14.4 Å². The van der Waals surface area contributed by atoms with E-state index in [2.05, 4.69) is 0 Å². The van der Waals surface area contributed by atoms with Gasteiger partial charge in [0.15, 0.2) is 6.04 Å². The van der Waals surface area contributed by atoms with Crippen molar-refractivity contribution in [2.75, 3.05) is 0 Å². The summed E-state index contributed by atoms with van der Waals surface area (Å²) in [6, 6.07) is -1.03. The molecule has 0 radical (unpaired) electrons. The third-order valence-electron chi connectivity index (χ3n) is 1.92. The number of hydrogen-bond acceptors (Lipinski definition) is 4. The number of hydrogen-bond donors (Lipinski definition) is 0. The lowest BCUT2D eigenvalue weighted by molar-refractivity contribution is -0.148. The first-order valence-electron chi connectivity index (χ1n) is 3.32. The van der Waals surface area contributed by atoms with Crippen LogP contribution in [0.2, 0.25) is 0 Å². The summed E-state index contributed by atoms with van der Waals surface area (Å²) in [5.41, 5.74) is 0. The summed E-state index contributed by atoms with van der Waals surface area (Å²) in [5.74, 6) is -0.169. The molecule has 6 heteroatoms. The van der Waals surface area contributed by atoms with Crippen molar-refractivity contribution in [2.24, 2.45) is 0 Å². The third kappa shape index (κ3) is 0.895. The fraction of sp³-hybridized carbons (Fsp3) is 0.500. The van der Waals surface area contributed by atoms with Crippen molar-refractivity contribution in [3.8, 4) is 0 Å². The van der Waals surface area contributed by atoms with E-state index >= 15 is 0 Å². The number of nitrogens with zero attached hydrogens (tertiary/aromatic N) is 1. The summed E-state index contributed by atoms with van der Waals surface area (Å²) in [7, 11) is 0. The van der Waals surface area contributed by atoms with Crippen molar-refractivity contribution in [3.05, 3.63) is 0 Å². The van der Waals surface area contributed by atoms with E-state index in [1.807, 2.05) is 0 Å². The zero-order valence-electron chi connectivity index (χ0n) is 5.82. The van der Waals surface area contributed by atoms with Crippen LogP contribution >= 0.6 is 23.4 Å². The minimum absolute atomic E-state index is 0.141. The van der Waals surface area contributed by atoms with Gasteiger partial charge in [0.25, 0.3) is 5.24 Å². The molecule has 2 aliphatic heterocycles. The van der Waals surface area contributed by atoms with E-state index in [1.165, 1.54) is 4.90 Å². The van der Waals surface area contributed by atoms with Crippen molar-refractivity contribution in [1.82, 2.24) is 4.90 Å². The molecule has 0 spiro atoms. The molecule has 0 aromatic heterocycles. The summed E-state index contributed by atoms with van der Waals surface area (Å²) < 4.78 is 0. The number of amides is 1. The van der Waals surface area contributed by atoms with E-state index < -0.39 is 11.3 Å². The predicted octanol–water partition coefficient (Wildman–Crippen LogP) is -0.0478. The van der Waals surface area contributed by atoms with Crippen LogP contribution in [0.15, 0.2) is 0 Å². The largest absolute Gasteiger partial charge is 0.311 e. The van der Waals surface area contributed by atoms with Crippen LogP contribution < -0.4 is 0 Å². The van der Waals surface area contributed by atoms with E-state index in [-0.39, 0.29) is 16.4 Å². The van der Waals surface area contributed by atoms with E-state index in [1.54, 1.807) is 0 Å². The Balaban J connectivity index is 2.26. The van der Waals surface area contributed by atoms with E-state index in [0.29, 0.717) is 6.42 Å². The van der Waals surface area contributed by atoms with Crippen molar-refractivity contribution in [3.63, 3.8) is 0 Å². The molecule has 0 bridgehead atoms. The van der Waals surface area contributed by atoms with Gasteiger partial charge in [0.05, 0.1) is 11.8 Å². The second-order valence-electron chi connectivity index (χ2n) is 2.60. The minimum Gasteiger partial charge on any atom is -0.311 e. The highest BCUT2D eigenvalue weighted by atomic mass is 35.5. The van der Waals surface area contributed by atoms with Gasteiger partial charge in [-0.2, -0.15) is 0 Å². The Morgan fingerprint density at radius 1 is 1.58 bits per heavy atom. The molecule has 2 saturated heterocycles. The van der Waals surface area contributed by atoms with Crippen LogP contribution in [0.4, 0.5) is 0 Å². The zero-order valence-corrected chi connectivity index (χ0v) is 7.39. The summed E-state index contributed by atoms with van der Waals surface area (Å²) in [5, 5.41) is -1.22. The number of fused-ring (bicyclic) bond motifs is 1. The molecule has 0 aliphatic carbocycles. The molecule has 2 heterocycles. The van der Waals surface area contributed by atoms with Gasteiger partial charge in [-0.15, -0.1) is 0 Å². The van der Waals surface area contributed by atoms with Crippen molar-refractivity contribution >= 4 is 39.6 Å². The number of carbonyl (C=O) groups excluding carboxylic acids is 3. The Hall–Kier alpha value is -0.550. The van der Waals surface area contributed by atoms with E-state index in [9.17, 15) is 14.4 Å². The standard InChI is InChI=1S/C6H4ClNO3S/c7-5(10)4-6(11)12-3-1-2(9)8(3)4/h3-4H,1H2. The monoisotopic (exact) mass is 205 g/mol. The van der Waals surface area contributed by atoms with E-state index in [0.717, 1.165) is 11.8 Å². The second kappa shape index (κ2) is 2.47. The molecule has 2 atom stereocenters. The van der Waals surface area contributed by atoms with Gasteiger partial charge in [0.1, 0.15) is 0 Å². The van der Waals surface area contributed by atoms with Gasteiger partial charge in [-0.3, -0.25) is 14.4 Å². The highest BCUT2D eigenvalue weighted by Gasteiger charge is 2.54. The quantitative estimate of drug-likeness (QED) is 0.342. The molecule has 2 fully saturated rings. The lowest BCUT2D eigenvalue weighted by Gasteiger charge is -2.34. The van der Waals surface area contributed by atoms with Crippen LogP contribution in [-0.4, -0.2) is 32.6 Å². The Morgan fingerprint density at radius 2 is 2.25 bits per heavy atom. The lowest BCUT2D eigenvalue weighted by Crippen LogP contribution is -2.54. The molecule has 2 rings (SSSR count). The third-order valence-corrected chi connectivity index (χ3v) is 3.24. The molecule has 0 aromatic carbocycles. The number of halogens is 1. The van der Waals surface area contributed by atoms with Crippen molar-refractivity contribution in [2.45, 2.75) is 17.8 Å². The van der Waals surface area contributed by atoms with Gasteiger partial charge >= 0.3 is 0 Å². The summed E-state index contributed by atoms with van der Waals surface area (Å²) in [4.78, 5) is 34.0. The fourth-order valence-electron chi connectivity index (χ4n) is 1.32. The minimum atomic E-state index is -1.03. The molecule has 2 aliphatic rings. The van der Waals surface area contributed by atoms with Crippen LogP contribution in [0.3, 0.4) is 0 Å². The van der Waals surface area contributed by atoms with Gasteiger partial charge in [-0.25, -0.2) is 0 Å². The molecule has 0 saturated carbocycles. The summed E-state index contributed by atoms with van der Waals surface area (Å²) in [6.45, 7) is 0. The topological polar surface area (TPSA) is 54.5 Å². The van der Waals surface area contributed by atoms with E-state index in [4.69, 9.17) is 11.6 Å². The Bertz CT molecular complexity index is 293. The predicted molar refractivity (Wildman–Crippen MR) is 42.5 cm³/mol. The fourth-order valence-corrected chi connectivity index (χ4v) is 2.79. The summed E-state index contributed by atoms with van der Waals surface area (Å²) >= 11 is 6.19. The van der Waals surface area contributed by atoms with Gasteiger partial charge in [-0.1, -0.05) is 11.8 Å². The lowest BCUT2D eigenvalue weighted by atomic mass is 10.1. The molecule has 4 nitrogen and oxygen atoms in total. The highest BCUT2D eigenvalue weighted by Crippen LogP contribution is 2.40. The number of thioether (sulfide) groups is 1. The van der Waals surface area contributed by atoms with Gasteiger partial charge in [0, 0.05) is 0 Å². The van der Waals surface area contributed by atoms with Crippen LogP contribution in [0, 0.1) is 0 Å². The van der Waals surface area contributed by atoms with Gasteiger partial charge in [0.2, 0.25) is 11.0 Å². The molecular weight excluding hydrogens is 202 g/mol. The maximum Gasteiger partial charge on any atom is 0.252 e. The number of rotatable bonds is 1. The molecule has 1 amide bonds. The van der Waals surface area contributed by atoms with Gasteiger partial charge < -0.3 is 4.90 Å². The van der Waals surface area contributed by atoms with Crippen molar-refractivity contribution in [1.29, 1.82) is 0 Å². The first-order valence-corrected chi connectivity index (χ1v) is 4.58. The molecular formula is C6H4ClNO3S. The average Bonchev–Trinajstić information content (AvgIpc) is 2.22. The maximum absolute atomic E-state index is 11.1. The molecule has 0 aromatic rings. The summed E-state index contributed by atoms with van der Waals surface area (Å²) in [6.07, 6.45) is 0.344. The smallest absolute Gasteiger partial charge is 0.252 e. The second-order valence-corrected chi connectivity index (χ2v) is 4.16. The molecule has 64 valence electrons. The van der Waals surface area contributed by atoms with Crippen LogP contribution in [0.5, 0.6) is 0 Å². The van der Waals surface area contributed by atoms with Crippen molar-refractivity contribution < 1.29 is 14.4 Å². The Labute approximate surface area is 77.2 Å². The molecule has 0 N–H and O–H groups in total. The average molecular weight is 206 g/mol. The first-order chi connectivity index (χ1) is 5.61. The number of carbonyl (C=O) groups is 3. The zero-order chi connectivity index (χ0) is 8.88. The van der Waals surface area contributed by atoms with Crippen LogP contribution in [0.1, 0.15) is 6.42 Å². The Kier molecular flexibility index (Phi) is 1.66. The SMILES string of the molecule is O=C(Cl)C1C(=O)SC2CC(=O)N21. The first kappa shape index (κ1) is 8.07. The van der Waals surface area contributed by atoms with Gasteiger partial charge in [-0.05, 0) is 11.6 Å². The maximum atomic E-state index is 11.1. The molecule has 12 heavy (non-hydrogen) atoms. The molecule has 2 unspecified atom stereocenters. The van der Waals surface area contributed by atoms with Crippen LogP contribution in [0.25, 0.3) is 0 Å².